The first-order valence-corrected chi connectivity index (χ1v) is 7.32. The summed E-state index contributed by atoms with van der Waals surface area (Å²) in [6.45, 7) is 1.99. The highest BCUT2D eigenvalue weighted by Gasteiger charge is 2.27. The number of methoxy groups -OCH3 is 1. The lowest BCUT2D eigenvalue weighted by atomic mass is 9.93. The predicted octanol–water partition coefficient (Wildman–Crippen LogP) is 4.18. The number of nitrogens with two attached hydrogens (primary N) is 1. The molecule has 2 aromatic rings. The van der Waals surface area contributed by atoms with Crippen LogP contribution in [0, 0.1) is 6.92 Å². The molecular weight excluding hydrogens is 286 g/mol. The van der Waals surface area contributed by atoms with Gasteiger partial charge in [-0.2, -0.15) is 0 Å². The van der Waals surface area contributed by atoms with E-state index in [1.54, 1.807) is 7.11 Å². The van der Waals surface area contributed by atoms with Crippen LogP contribution in [0.15, 0.2) is 36.4 Å². The first-order chi connectivity index (χ1) is 10.1. The summed E-state index contributed by atoms with van der Waals surface area (Å²) < 4.78 is 11.3. The molecule has 2 unspecified atom stereocenters. The zero-order chi connectivity index (χ0) is 15.0. The lowest BCUT2D eigenvalue weighted by molar-refractivity contribution is 0.161. The molecule has 3 rings (SSSR count). The van der Waals surface area contributed by atoms with Crippen molar-refractivity contribution in [2.24, 2.45) is 5.73 Å². The Labute approximate surface area is 129 Å². The van der Waals surface area contributed by atoms with E-state index in [-0.39, 0.29) is 12.1 Å². The van der Waals surface area contributed by atoms with Crippen molar-refractivity contribution in [3.8, 4) is 11.5 Å². The summed E-state index contributed by atoms with van der Waals surface area (Å²) in [5.41, 5.74) is 9.41. The molecule has 0 amide bonds. The van der Waals surface area contributed by atoms with Gasteiger partial charge in [0.05, 0.1) is 7.11 Å². The number of halogens is 1. The van der Waals surface area contributed by atoms with E-state index in [0.29, 0.717) is 0 Å². The Morgan fingerprint density at radius 1 is 1.24 bits per heavy atom. The molecule has 1 heterocycles. The number of hydrogen-bond acceptors (Lipinski definition) is 3. The molecule has 3 nitrogen and oxygen atoms in total. The highest BCUT2D eigenvalue weighted by molar-refractivity contribution is 6.31. The van der Waals surface area contributed by atoms with E-state index in [1.807, 2.05) is 43.3 Å². The highest BCUT2D eigenvalue weighted by Crippen LogP contribution is 2.41. The van der Waals surface area contributed by atoms with Gasteiger partial charge in [0.2, 0.25) is 0 Å². The van der Waals surface area contributed by atoms with Crippen LogP contribution in [0.3, 0.4) is 0 Å². The first kappa shape index (κ1) is 14.2. The predicted molar refractivity (Wildman–Crippen MR) is 84.1 cm³/mol. The second-order valence-corrected chi connectivity index (χ2v) is 5.77. The van der Waals surface area contributed by atoms with Crippen molar-refractivity contribution in [3.05, 3.63) is 58.1 Å². The largest absolute Gasteiger partial charge is 0.497 e. The molecule has 0 saturated carbocycles. The van der Waals surface area contributed by atoms with E-state index in [9.17, 15) is 0 Å². The van der Waals surface area contributed by atoms with Gasteiger partial charge in [-0.1, -0.05) is 23.7 Å². The maximum absolute atomic E-state index is 6.30. The topological polar surface area (TPSA) is 44.5 Å². The molecule has 1 aliphatic heterocycles. The Balaban J connectivity index is 1.92. The van der Waals surface area contributed by atoms with Gasteiger partial charge in [0.1, 0.15) is 17.6 Å². The summed E-state index contributed by atoms with van der Waals surface area (Å²) in [5, 5.41) is 0.755. The maximum atomic E-state index is 6.30. The SMILES string of the molecule is COc1ccc2c(c1)C(N)CC(c1ccc(C)c(Cl)c1)O2. The smallest absolute Gasteiger partial charge is 0.126 e. The van der Waals surface area contributed by atoms with Gasteiger partial charge in [-0.3, -0.25) is 0 Å². The normalized spacial score (nSPS) is 20.6. The molecule has 0 aliphatic carbocycles. The van der Waals surface area contributed by atoms with Crippen LogP contribution in [0.5, 0.6) is 11.5 Å². The molecular formula is C17H18ClNO2. The summed E-state index contributed by atoms with van der Waals surface area (Å²) in [7, 11) is 1.65. The summed E-state index contributed by atoms with van der Waals surface area (Å²) in [4.78, 5) is 0. The fraction of sp³-hybridized carbons (Fsp3) is 0.294. The van der Waals surface area contributed by atoms with Crippen LogP contribution in [0.4, 0.5) is 0 Å². The van der Waals surface area contributed by atoms with Gasteiger partial charge in [-0.25, -0.2) is 0 Å². The minimum atomic E-state index is -0.0751. The highest BCUT2D eigenvalue weighted by atomic mass is 35.5. The van der Waals surface area contributed by atoms with Crippen molar-refractivity contribution in [3.63, 3.8) is 0 Å². The van der Waals surface area contributed by atoms with Gasteiger partial charge in [0.25, 0.3) is 0 Å². The Bertz CT molecular complexity index is 672. The Morgan fingerprint density at radius 2 is 2.05 bits per heavy atom. The molecule has 21 heavy (non-hydrogen) atoms. The van der Waals surface area contributed by atoms with Gasteiger partial charge in [0.15, 0.2) is 0 Å². The molecule has 0 aromatic heterocycles. The third kappa shape index (κ3) is 2.71. The number of rotatable bonds is 2. The van der Waals surface area contributed by atoms with E-state index in [2.05, 4.69) is 0 Å². The van der Waals surface area contributed by atoms with E-state index >= 15 is 0 Å². The van der Waals surface area contributed by atoms with E-state index < -0.39 is 0 Å². The Morgan fingerprint density at radius 3 is 2.76 bits per heavy atom. The van der Waals surface area contributed by atoms with Crippen LogP contribution in [0.2, 0.25) is 5.02 Å². The number of hydrogen-bond donors (Lipinski definition) is 1. The Hall–Kier alpha value is -1.71. The van der Waals surface area contributed by atoms with Crippen LogP contribution in [0.1, 0.15) is 35.3 Å². The molecule has 0 saturated heterocycles. The molecule has 2 aromatic carbocycles. The van der Waals surface area contributed by atoms with Crippen LogP contribution < -0.4 is 15.2 Å². The van der Waals surface area contributed by atoms with Crippen LogP contribution in [-0.2, 0) is 0 Å². The van der Waals surface area contributed by atoms with Crippen molar-refractivity contribution < 1.29 is 9.47 Å². The first-order valence-electron chi connectivity index (χ1n) is 6.94. The van der Waals surface area contributed by atoms with Gasteiger partial charge in [-0.15, -0.1) is 0 Å². The van der Waals surface area contributed by atoms with Gasteiger partial charge in [0, 0.05) is 23.0 Å². The second-order valence-electron chi connectivity index (χ2n) is 5.36. The van der Waals surface area contributed by atoms with Crippen LogP contribution >= 0.6 is 11.6 Å². The average molecular weight is 304 g/mol. The number of ether oxygens (including phenoxy) is 2. The second kappa shape index (κ2) is 5.58. The lowest BCUT2D eigenvalue weighted by Gasteiger charge is -2.31. The van der Waals surface area contributed by atoms with Crippen molar-refractivity contribution in [1.29, 1.82) is 0 Å². The zero-order valence-electron chi connectivity index (χ0n) is 12.1. The van der Waals surface area contributed by atoms with Crippen molar-refractivity contribution >= 4 is 11.6 Å². The van der Waals surface area contributed by atoms with Gasteiger partial charge >= 0.3 is 0 Å². The summed E-state index contributed by atoms with van der Waals surface area (Å²) >= 11 is 6.21. The molecule has 110 valence electrons. The van der Waals surface area contributed by atoms with Crippen molar-refractivity contribution in [2.75, 3.05) is 7.11 Å². The molecule has 2 atom stereocenters. The van der Waals surface area contributed by atoms with Crippen LogP contribution in [0.25, 0.3) is 0 Å². The monoisotopic (exact) mass is 303 g/mol. The van der Waals surface area contributed by atoms with Crippen molar-refractivity contribution in [1.82, 2.24) is 0 Å². The summed E-state index contributed by atoms with van der Waals surface area (Å²) in [6, 6.07) is 11.7. The molecule has 0 bridgehead atoms. The molecule has 4 heteroatoms. The Kier molecular flexibility index (Phi) is 3.79. The quantitative estimate of drug-likeness (QED) is 0.905. The molecule has 2 N–H and O–H groups in total. The number of benzene rings is 2. The van der Waals surface area contributed by atoms with Gasteiger partial charge < -0.3 is 15.2 Å². The number of fused-ring (bicyclic) bond motifs is 1. The van der Waals surface area contributed by atoms with E-state index in [4.69, 9.17) is 26.8 Å². The molecule has 0 spiro atoms. The summed E-state index contributed by atoms with van der Waals surface area (Å²) in [5.74, 6) is 1.61. The fourth-order valence-electron chi connectivity index (χ4n) is 2.62. The third-order valence-electron chi connectivity index (χ3n) is 3.92. The fourth-order valence-corrected chi connectivity index (χ4v) is 2.81. The van der Waals surface area contributed by atoms with Crippen molar-refractivity contribution in [2.45, 2.75) is 25.5 Å². The minimum absolute atomic E-state index is 0.0704. The lowest BCUT2D eigenvalue weighted by Crippen LogP contribution is -2.24. The minimum Gasteiger partial charge on any atom is -0.497 e. The summed E-state index contributed by atoms with van der Waals surface area (Å²) in [6.07, 6.45) is 0.651. The average Bonchev–Trinajstić information content (AvgIpc) is 2.49. The maximum Gasteiger partial charge on any atom is 0.126 e. The molecule has 1 aliphatic rings. The molecule has 0 fully saturated rings. The van der Waals surface area contributed by atoms with E-state index in [0.717, 1.165) is 39.6 Å². The number of aryl methyl sites for hydroxylation is 1. The van der Waals surface area contributed by atoms with Gasteiger partial charge in [-0.05, 0) is 42.3 Å². The van der Waals surface area contributed by atoms with Crippen LogP contribution in [-0.4, -0.2) is 7.11 Å². The van der Waals surface area contributed by atoms with E-state index in [1.165, 1.54) is 0 Å². The third-order valence-corrected chi connectivity index (χ3v) is 4.33. The standard InChI is InChI=1S/C17H18ClNO2/c1-10-3-4-11(7-14(10)18)17-9-15(19)13-8-12(20-2)5-6-16(13)21-17/h3-8,15,17H,9,19H2,1-2H3. The zero-order valence-corrected chi connectivity index (χ0v) is 12.9. The molecule has 0 radical (unpaired) electrons.